The molecular weight excluding hydrogens is 458 g/mol. The molecule has 4 aromatic rings. The van der Waals surface area contributed by atoms with Crippen molar-refractivity contribution in [2.45, 2.75) is 13.0 Å². The van der Waals surface area contributed by atoms with Crippen LogP contribution in [0.4, 0.5) is 11.8 Å². The third-order valence-corrected chi connectivity index (χ3v) is 5.97. The number of anilines is 2. The van der Waals surface area contributed by atoms with Gasteiger partial charge in [0, 0.05) is 36.8 Å². The number of nitrogens with two attached hydrogens (primary N) is 1. The van der Waals surface area contributed by atoms with Gasteiger partial charge in [0.05, 0.1) is 32.6 Å². The minimum atomic E-state index is -0.363. The fourth-order valence-corrected chi connectivity index (χ4v) is 4.17. The Balaban J connectivity index is 1.26. The number of morpholine rings is 1. The van der Waals surface area contributed by atoms with Gasteiger partial charge in [0.1, 0.15) is 22.8 Å². The summed E-state index contributed by atoms with van der Waals surface area (Å²) in [5.41, 5.74) is 9.24. The quantitative estimate of drug-likeness (QED) is 0.405. The highest BCUT2D eigenvalue weighted by atomic mass is 16.5. The van der Waals surface area contributed by atoms with E-state index in [-0.39, 0.29) is 24.1 Å². The van der Waals surface area contributed by atoms with Crippen molar-refractivity contribution in [2.75, 3.05) is 44.0 Å². The van der Waals surface area contributed by atoms with Crippen LogP contribution in [0.5, 0.6) is 5.75 Å². The number of nitrogens with one attached hydrogen (secondary N) is 1. The van der Waals surface area contributed by atoms with Gasteiger partial charge in [0.25, 0.3) is 5.91 Å². The van der Waals surface area contributed by atoms with Crippen molar-refractivity contribution >= 4 is 28.6 Å². The molecule has 10 nitrogen and oxygen atoms in total. The lowest BCUT2D eigenvalue weighted by atomic mass is 10.1. The zero-order valence-corrected chi connectivity index (χ0v) is 20.0. The number of pyridine rings is 2. The monoisotopic (exact) mass is 485 g/mol. The molecule has 0 spiro atoms. The molecule has 1 amide bonds. The van der Waals surface area contributed by atoms with Gasteiger partial charge < -0.3 is 25.4 Å². The molecule has 1 aromatic carbocycles. The van der Waals surface area contributed by atoms with Crippen LogP contribution in [0, 0.1) is 0 Å². The zero-order chi connectivity index (χ0) is 24.9. The molecule has 10 heteroatoms. The van der Waals surface area contributed by atoms with Crippen LogP contribution in [0.25, 0.3) is 10.9 Å². The number of fused-ring (bicyclic) bond motifs is 1. The molecule has 1 fully saturated rings. The Labute approximate surface area is 208 Å². The number of ether oxygens (including phenoxy) is 2. The summed E-state index contributed by atoms with van der Waals surface area (Å²) in [7, 11) is 1.54. The highest BCUT2D eigenvalue weighted by Gasteiger charge is 2.17. The lowest BCUT2D eigenvalue weighted by molar-refractivity contribution is 0.0947. The summed E-state index contributed by atoms with van der Waals surface area (Å²) in [5, 5.41) is 3.46. The standard InChI is InChI=1S/C26H27N7O3/c1-35-21-7-3-6-20-23(21)31-26(27)32-24(20)25(34)29-16-19-5-2-4-18(30-19)14-17-8-9-22(28-15-17)33-10-12-36-13-11-33/h2-9,15H,10-14,16H2,1H3,(H,29,34)(H2,27,31,32). The van der Waals surface area contributed by atoms with Crippen molar-refractivity contribution in [3.8, 4) is 5.75 Å². The van der Waals surface area contributed by atoms with E-state index in [1.165, 1.54) is 0 Å². The Kier molecular flexibility index (Phi) is 6.85. The number of para-hydroxylation sites is 1. The van der Waals surface area contributed by atoms with Crippen LogP contribution >= 0.6 is 0 Å². The number of amides is 1. The van der Waals surface area contributed by atoms with Gasteiger partial charge in [-0.25, -0.2) is 15.0 Å². The van der Waals surface area contributed by atoms with E-state index in [1.54, 1.807) is 25.3 Å². The predicted molar refractivity (Wildman–Crippen MR) is 136 cm³/mol. The number of benzene rings is 1. The number of nitrogens with zero attached hydrogens (tertiary/aromatic N) is 5. The Bertz CT molecular complexity index is 1370. The van der Waals surface area contributed by atoms with E-state index in [0.717, 1.165) is 49.1 Å². The van der Waals surface area contributed by atoms with Gasteiger partial charge in [0.15, 0.2) is 0 Å². The summed E-state index contributed by atoms with van der Waals surface area (Å²) in [6.45, 7) is 3.41. The van der Waals surface area contributed by atoms with E-state index in [9.17, 15) is 4.79 Å². The lowest BCUT2D eigenvalue weighted by Gasteiger charge is -2.27. The SMILES string of the molecule is COc1cccc2c(C(=O)NCc3cccc(Cc4ccc(N5CCOCC5)nc4)n3)nc(N)nc12. The van der Waals surface area contributed by atoms with Crippen LogP contribution < -0.4 is 20.7 Å². The number of aromatic nitrogens is 4. The number of carbonyl (C=O) groups excluding carboxylic acids is 1. The van der Waals surface area contributed by atoms with Crippen LogP contribution in [0.15, 0.2) is 54.7 Å². The van der Waals surface area contributed by atoms with E-state index in [1.807, 2.05) is 30.5 Å². The van der Waals surface area contributed by atoms with Gasteiger partial charge in [-0.2, -0.15) is 0 Å². The van der Waals surface area contributed by atoms with Crippen molar-refractivity contribution in [3.63, 3.8) is 0 Å². The number of hydrogen-bond donors (Lipinski definition) is 2. The van der Waals surface area contributed by atoms with Gasteiger partial charge in [-0.1, -0.05) is 24.3 Å². The summed E-state index contributed by atoms with van der Waals surface area (Å²) in [5.74, 6) is 1.13. The Morgan fingerprint density at radius 3 is 2.64 bits per heavy atom. The molecule has 0 unspecified atom stereocenters. The molecule has 1 saturated heterocycles. The predicted octanol–water partition coefficient (Wildman–Crippen LogP) is 2.37. The summed E-state index contributed by atoms with van der Waals surface area (Å²) < 4.78 is 10.8. The summed E-state index contributed by atoms with van der Waals surface area (Å²) in [6.07, 6.45) is 2.53. The second kappa shape index (κ2) is 10.5. The van der Waals surface area contributed by atoms with Crippen LogP contribution in [-0.4, -0.2) is 59.3 Å². The molecule has 184 valence electrons. The first-order valence-electron chi connectivity index (χ1n) is 11.7. The number of rotatable bonds is 7. The fourth-order valence-electron chi connectivity index (χ4n) is 4.17. The first-order valence-corrected chi connectivity index (χ1v) is 11.7. The molecule has 0 bridgehead atoms. The van der Waals surface area contributed by atoms with Gasteiger partial charge in [-0.3, -0.25) is 9.78 Å². The van der Waals surface area contributed by atoms with Gasteiger partial charge in [-0.15, -0.1) is 0 Å². The number of methoxy groups -OCH3 is 1. The molecule has 0 aliphatic carbocycles. The molecule has 0 atom stereocenters. The number of carbonyl (C=O) groups is 1. The first kappa shape index (κ1) is 23.4. The van der Waals surface area contributed by atoms with E-state index >= 15 is 0 Å². The highest BCUT2D eigenvalue weighted by molar-refractivity contribution is 6.05. The number of nitrogen functional groups attached to an aromatic ring is 1. The van der Waals surface area contributed by atoms with Crippen molar-refractivity contribution in [2.24, 2.45) is 0 Å². The molecule has 1 aliphatic heterocycles. The maximum Gasteiger partial charge on any atom is 0.271 e. The smallest absolute Gasteiger partial charge is 0.271 e. The maximum absolute atomic E-state index is 13.0. The van der Waals surface area contributed by atoms with E-state index < -0.39 is 0 Å². The van der Waals surface area contributed by atoms with Crippen LogP contribution in [0.3, 0.4) is 0 Å². The lowest BCUT2D eigenvalue weighted by Crippen LogP contribution is -2.36. The molecule has 0 radical (unpaired) electrons. The van der Waals surface area contributed by atoms with Crippen molar-refractivity contribution in [1.29, 1.82) is 0 Å². The van der Waals surface area contributed by atoms with Gasteiger partial charge in [-0.05, 0) is 29.8 Å². The van der Waals surface area contributed by atoms with Crippen molar-refractivity contribution < 1.29 is 14.3 Å². The fraction of sp³-hybridized carbons (Fsp3) is 0.269. The molecule has 3 aromatic heterocycles. The van der Waals surface area contributed by atoms with Gasteiger partial charge >= 0.3 is 0 Å². The van der Waals surface area contributed by atoms with Crippen LogP contribution in [0.1, 0.15) is 27.4 Å². The summed E-state index contributed by atoms with van der Waals surface area (Å²) >= 11 is 0. The molecule has 0 saturated carbocycles. The van der Waals surface area contributed by atoms with Crippen LogP contribution in [0.2, 0.25) is 0 Å². The Morgan fingerprint density at radius 2 is 1.86 bits per heavy atom. The van der Waals surface area contributed by atoms with Crippen LogP contribution in [-0.2, 0) is 17.7 Å². The average molecular weight is 486 g/mol. The third kappa shape index (κ3) is 5.18. The molecule has 1 aliphatic rings. The molecular formula is C26H27N7O3. The second-order valence-electron chi connectivity index (χ2n) is 8.39. The summed E-state index contributed by atoms with van der Waals surface area (Å²) in [4.78, 5) is 32.9. The second-order valence-corrected chi connectivity index (χ2v) is 8.39. The molecule has 4 heterocycles. The maximum atomic E-state index is 13.0. The third-order valence-electron chi connectivity index (χ3n) is 5.97. The first-order chi connectivity index (χ1) is 17.6. The number of hydrogen-bond acceptors (Lipinski definition) is 9. The zero-order valence-electron chi connectivity index (χ0n) is 20.0. The molecule has 5 rings (SSSR count). The normalized spacial score (nSPS) is 13.5. The van der Waals surface area contributed by atoms with E-state index in [0.29, 0.717) is 23.1 Å². The average Bonchev–Trinajstić information content (AvgIpc) is 2.92. The summed E-state index contributed by atoms with van der Waals surface area (Å²) in [6, 6.07) is 15.2. The Morgan fingerprint density at radius 1 is 1.06 bits per heavy atom. The van der Waals surface area contributed by atoms with E-state index in [2.05, 4.69) is 31.2 Å². The minimum Gasteiger partial charge on any atom is -0.494 e. The Hall–Kier alpha value is -4.31. The van der Waals surface area contributed by atoms with Crippen molar-refractivity contribution in [3.05, 3.63) is 77.4 Å². The molecule has 3 N–H and O–H groups in total. The van der Waals surface area contributed by atoms with Crippen molar-refractivity contribution in [1.82, 2.24) is 25.3 Å². The minimum absolute atomic E-state index is 0.00511. The van der Waals surface area contributed by atoms with E-state index in [4.69, 9.17) is 20.2 Å². The largest absolute Gasteiger partial charge is 0.494 e. The topological polar surface area (TPSA) is 128 Å². The molecule has 36 heavy (non-hydrogen) atoms. The highest BCUT2D eigenvalue weighted by Crippen LogP contribution is 2.26. The van der Waals surface area contributed by atoms with Gasteiger partial charge in [0.2, 0.25) is 5.95 Å².